The van der Waals surface area contributed by atoms with Crippen LogP contribution < -0.4 is 0 Å². The summed E-state index contributed by atoms with van der Waals surface area (Å²) >= 11 is 5.96. The van der Waals surface area contributed by atoms with E-state index in [1.807, 2.05) is 0 Å². The lowest BCUT2D eigenvalue weighted by Gasteiger charge is -2.05. The zero-order valence-corrected chi connectivity index (χ0v) is 7.56. The van der Waals surface area contributed by atoms with Crippen molar-refractivity contribution in [3.05, 3.63) is 34.9 Å². The van der Waals surface area contributed by atoms with Gasteiger partial charge in [0.05, 0.1) is 0 Å². The van der Waals surface area contributed by atoms with Gasteiger partial charge >= 0.3 is 0 Å². The summed E-state index contributed by atoms with van der Waals surface area (Å²) < 4.78 is 0. The van der Waals surface area contributed by atoms with E-state index in [9.17, 15) is 0 Å². The van der Waals surface area contributed by atoms with Crippen LogP contribution in [0.4, 0.5) is 0 Å². The summed E-state index contributed by atoms with van der Waals surface area (Å²) in [5.41, 5.74) is 1.18. The summed E-state index contributed by atoms with van der Waals surface area (Å²) in [6, 6.07) is 0. The zero-order chi connectivity index (χ0) is 8.10. The lowest BCUT2D eigenvalue weighted by atomic mass is 10.1. The molecule has 0 nitrogen and oxygen atoms in total. The monoisotopic (exact) mass is 168 g/mol. The van der Waals surface area contributed by atoms with Gasteiger partial charge in [-0.25, -0.2) is 0 Å². The molecule has 1 aliphatic rings. The Hall–Kier alpha value is -0.490. The molecular formula is C10H13Cl. The molecular weight excluding hydrogens is 156 g/mol. The molecule has 0 saturated heterocycles. The largest absolute Gasteiger partial charge is 0.0842 e. The quantitative estimate of drug-likeness (QED) is 0.589. The highest BCUT2D eigenvalue weighted by Gasteiger charge is 2.01. The third-order valence-corrected chi connectivity index (χ3v) is 2.04. The van der Waals surface area contributed by atoms with E-state index >= 15 is 0 Å². The Bertz CT molecular complexity index is 209. The molecule has 0 heterocycles. The average Bonchev–Trinajstić information content (AvgIpc) is 2.03. The first-order valence-corrected chi connectivity index (χ1v) is 4.45. The molecule has 0 aromatic heterocycles. The van der Waals surface area contributed by atoms with Gasteiger partial charge in [-0.15, -0.1) is 0 Å². The molecule has 0 saturated carbocycles. The van der Waals surface area contributed by atoms with Gasteiger partial charge in [0.25, 0.3) is 0 Å². The lowest BCUT2D eigenvalue weighted by molar-refractivity contribution is 1.02. The van der Waals surface area contributed by atoms with Crippen molar-refractivity contribution >= 4 is 11.6 Å². The molecule has 60 valence electrons. The third kappa shape index (κ3) is 2.55. The molecule has 0 aromatic carbocycles. The number of allylic oxidation sites excluding steroid dienone is 6. The second kappa shape index (κ2) is 4.40. The zero-order valence-electron chi connectivity index (χ0n) is 6.81. The molecule has 0 N–H and O–H groups in total. The molecule has 1 rings (SSSR count). The van der Waals surface area contributed by atoms with Crippen LogP contribution in [0, 0.1) is 0 Å². The van der Waals surface area contributed by atoms with Crippen molar-refractivity contribution in [3.63, 3.8) is 0 Å². The minimum absolute atomic E-state index is 0.904. The molecule has 0 unspecified atom stereocenters. The minimum atomic E-state index is 0.904. The average molecular weight is 169 g/mol. The first-order chi connectivity index (χ1) is 5.34. The Balaban J connectivity index is 2.63. The molecule has 11 heavy (non-hydrogen) atoms. The smallest absolute Gasteiger partial charge is 0.0435 e. The summed E-state index contributed by atoms with van der Waals surface area (Å²) in [5, 5.41) is 0.904. The van der Waals surface area contributed by atoms with E-state index < -0.39 is 0 Å². The van der Waals surface area contributed by atoms with Crippen molar-refractivity contribution in [3.8, 4) is 0 Å². The number of hydrogen-bond acceptors (Lipinski definition) is 0. The Kier molecular flexibility index (Phi) is 3.44. The fourth-order valence-electron chi connectivity index (χ4n) is 1.06. The fraction of sp³-hybridized carbons (Fsp3) is 0.400. The minimum Gasteiger partial charge on any atom is -0.0842 e. The summed E-state index contributed by atoms with van der Waals surface area (Å²) in [6.07, 6.45) is 11.8. The Morgan fingerprint density at radius 1 is 1.45 bits per heavy atom. The van der Waals surface area contributed by atoms with Gasteiger partial charge in [-0.3, -0.25) is 0 Å². The van der Waals surface area contributed by atoms with Crippen molar-refractivity contribution in [1.29, 1.82) is 0 Å². The van der Waals surface area contributed by atoms with Crippen molar-refractivity contribution in [2.75, 3.05) is 0 Å². The second-order valence-electron chi connectivity index (χ2n) is 2.60. The van der Waals surface area contributed by atoms with Crippen LogP contribution in [0.2, 0.25) is 0 Å². The van der Waals surface area contributed by atoms with E-state index in [-0.39, 0.29) is 0 Å². The van der Waals surface area contributed by atoms with E-state index in [0.29, 0.717) is 0 Å². The van der Waals surface area contributed by atoms with Gasteiger partial charge < -0.3 is 0 Å². The Morgan fingerprint density at radius 2 is 2.18 bits per heavy atom. The SMILES string of the molecule is CC/C=C\C1=CCCC=C1Cl. The Morgan fingerprint density at radius 3 is 2.82 bits per heavy atom. The van der Waals surface area contributed by atoms with Crippen LogP contribution in [0.25, 0.3) is 0 Å². The fourth-order valence-corrected chi connectivity index (χ4v) is 1.31. The maximum atomic E-state index is 5.96. The maximum Gasteiger partial charge on any atom is 0.0435 e. The van der Waals surface area contributed by atoms with Crippen LogP contribution in [0.1, 0.15) is 26.2 Å². The first-order valence-electron chi connectivity index (χ1n) is 4.07. The van der Waals surface area contributed by atoms with Crippen LogP contribution in [0.3, 0.4) is 0 Å². The standard InChI is InChI=1S/C10H13Cl/c1-2-3-6-9-7-4-5-8-10(9)11/h3,6-8H,2,4-5H2,1H3/b6-3-. The molecule has 0 aliphatic heterocycles. The van der Waals surface area contributed by atoms with Crippen LogP contribution in [0.15, 0.2) is 34.9 Å². The van der Waals surface area contributed by atoms with Gasteiger partial charge in [-0.05, 0) is 24.8 Å². The maximum absolute atomic E-state index is 5.96. The highest BCUT2D eigenvalue weighted by atomic mass is 35.5. The van der Waals surface area contributed by atoms with E-state index in [4.69, 9.17) is 11.6 Å². The molecule has 0 amide bonds. The van der Waals surface area contributed by atoms with Crippen molar-refractivity contribution in [1.82, 2.24) is 0 Å². The highest BCUT2D eigenvalue weighted by molar-refractivity contribution is 6.32. The summed E-state index contributed by atoms with van der Waals surface area (Å²) in [5.74, 6) is 0. The van der Waals surface area contributed by atoms with Crippen molar-refractivity contribution in [2.45, 2.75) is 26.2 Å². The molecule has 0 spiro atoms. The van der Waals surface area contributed by atoms with Gasteiger partial charge in [-0.1, -0.05) is 42.8 Å². The van der Waals surface area contributed by atoms with Crippen LogP contribution >= 0.6 is 11.6 Å². The lowest BCUT2D eigenvalue weighted by Crippen LogP contribution is -1.85. The van der Waals surface area contributed by atoms with E-state index in [1.54, 1.807) is 0 Å². The summed E-state index contributed by atoms with van der Waals surface area (Å²) in [6.45, 7) is 2.12. The Labute approximate surface area is 73.3 Å². The van der Waals surface area contributed by atoms with Crippen LogP contribution in [-0.2, 0) is 0 Å². The van der Waals surface area contributed by atoms with E-state index in [2.05, 4.69) is 31.2 Å². The number of halogens is 1. The van der Waals surface area contributed by atoms with E-state index in [1.165, 1.54) is 5.57 Å². The van der Waals surface area contributed by atoms with Crippen LogP contribution in [-0.4, -0.2) is 0 Å². The van der Waals surface area contributed by atoms with Crippen molar-refractivity contribution in [2.24, 2.45) is 0 Å². The molecule has 1 aliphatic carbocycles. The van der Waals surface area contributed by atoms with Gasteiger partial charge in [0, 0.05) is 5.03 Å². The molecule has 0 atom stereocenters. The molecule has 0 bridgehead atoms. The van der Waals surface area contributed by atoms with Gasteiger partial charge in [0.2, 0.25) is 0 Å². The molecule has 0 aromatic rings. The van der Waals surface area contributed by atoms with Gasteiger partial charge in [0.1, 0.15) is 0 Å². The predicted molar refractivity (Wildman–Crippen MR) is 50.7 cm³/mol. The summed E-state index contributed by atoms with van der Waals surface area (Å²) in [7, 11) is 0. The predicted octanol–water partition coefficient (Wildman–Crippen LogP) is 3.80. The van der Waals surface area contributed by atoms with Crippen LogP contribution in [0.5, 0.6) is 0 Å². The second-order valence-corrected chi connectivity index (χ2v) is 3.01. The highest BCUT2D eigenvalue weighted by Crippen LogP contribution is 2.22. The summed E-state index contributed by atoms with van der Waals surface area (Å²) in [4.78, 5) is 0. The van der Waals surface area contributed by atoms with E-state index in [0.717, 1.165) is 24.3 Å². The normalized spacial score (nSPS) is 18.4. The van der Waals surface area contributed by atoms with Gasteiger partial charge in [-0.2, -0.15) is 0 Å². The third-order valence-electron chi connectivity index (χ3n) is 1.66. The van der Waals surface area contributed by atoms with Crippen molar-refractivity contribution < 1.29 is 0 Å². The first kappa shape index (κ1) is 8.61. The molecule has 0 fully saturated rings. The molecule has 1 heteroatoms. The number of hydrogen-bond donors (Lipinski definition) is 0. The number of rotatable bonds is 2. The topological polar surface area (TPSA) is 0 Å². The van der Waals surface area contributed by atoms with Gasteiger partial charge in [0.15, 0.2) is 0 Å². The molecule has 0 radical (unpaired) electrons.